The summed E-state index contributed by atoms with van der Waals surface area (Å²) < 4.78 is 32.4. The standard InChI is InChI=1S/C53H61N3O11S/c1-3-24-55(52(59)38-18-22-47-48(31-38)64-35-63-47)49-33-45(54-66-34-36-16-19-39(20-17-36)56(60)61)43-30-37(12-8-10-25-57)42(15-9-11-26-58)50-44-32-40(62-28-29-68-41-13-6-5-7-14-41)21-23-46(44)67-53(49,51(43)50)65-27-4-2/h4-7,13-14,16-23,30-32,37,42,49-51,57-58H,2-3,8-12,15,24-29,33-35H2,1H3. The van der Waals surface area contributed by atoms with E-state index >= 15 is 4.79 Å². The van der Waals surface area contributed by atoms with Crippen molar-refractivity contribution in [3.63, 3.8) is 0 Å². The van der Waals surface area contributed by atoms with E-state index in [4.69, 9.17) is 33.7 Å². The van der Waals surface area contributed by atoms with E-state index in [1.807, 2.05) is 42.2 Å². The van der Waals surface area contributed by atoms with Gasteiger partial charge in [-0.25, -0.2) is 0 Å². The summed E-state index contributed by atoms with van der Waals surface area (Å²) in [6, 6.07) is 26.9. The molecule has 15 heteroatoms. The van der Waals surface area contributed by atoms with E-state index in [0.717, 1.165) is 42.6 Å². The lowest BCUT2D eigenvalue weighted by atomic mass is 9.55. The van der Waals surface area contributed by atoms with Crippen LogP contribution in [0.3, 0.4) is 0 Å². The molecule has 68 heavy (non-hydrogen) atoms. The fraction of sp³-hybridized carbons (Fsp3) is 0.434. The average molecular weight is 948 g/mol. The molecular formula is C53H61N3O11S. The number of nitro benzene ring substituents is 1. The maximum atomic E-state index is 15.2. The fourth-order valence-electron chi connectivity index (χ4n) is 10.3. The molecule has 0 aromatic heterocycles. The van der Waals surface area contributed by atoms with Crippen molar-refractivity contribution in [2.75, 3.05) is 45.5 Å². The van der Waals surface area contributed by atoms with Gasteiger partial charge >= 0.3 is 0 Å². The highest BCUT2D eigenvalue weighted by Crippen LogP contribution is 2.62. The number of aliphatic hydroxyl groups excluding tert-OH is 2. The molecule has 2 heterocycles. The Morgan fingerprint density at radius 1 is 0.971 bits per heavy atom. The van der Waals surface area contributed by atoms with E-state index in [9.17, 15) is 20.3 Å². The number of nitrogens with zero attached hydrogens (tertiary/aromatic N) is 3. The monoisotopic (exact) mass is 947 g/mol. The third-order valence-electron chi connectivity index (χ3n) is 13.3. The van der Waals surface area contributed by atoms with E-state index in [-0.39, 0.29) is 69.0 Å². The summed E-state index contributed by atoms with van der Waals surface area (Å²) in [6.07, 6.45) is 9.28. The number of nitro groups is 1. The Bertz CT molecular complexity index is 2430. The van der Waals surface area contributed by atoms with Gasteiger partial charge in [0, 0.05) is 66.0 Å². The zero-order valence-corrected chi connectivity index (χ0v) is 39.4. The molecule has 1 fully saturated rings. The number of fused-ring (bicyclic) bond motifs is 3. The number of allylic oxidation sites excluding steroid dienone is 1. The number of ether oxygens (including phenoxy) is 5. The van der Waals surface area contributed by atoms with Gasteiger partial charge in [0.25, 0.3) is 11.6 Å². The van der Waals surface area contributed by atoms with Crippen LogP contribution < -0.4 is 18.9 Å². The number of unbranched alkanes of at least 4 members (excludes halogenated alkanes) is 2. The summed E-state index contributed by atoms with van der Waals surface area (Å²) in [5.41, 5.74) is 3.60. The molecular weight excluding hydrogens is 887 g/mol. The number of oxime groups is 1. The van der Waals surface area contributed by atoms with Crippen molar-refractivity contribution in [2.24, 2.45) is 22.9 Å². The number of carbonyl (C=O) groups excluding carboxylic acids is 1. The minimum atomic E-state index is -1.45. The number of rotatable bonds is 24. The number of hydrogen-bond donors (Lipinski definition) is 2. The van der Waals surface area contributed by atoms with Crippen molar-refractivity contribution in [1.82, 2.24) is 4.90 Å². The van der Waals surface area contributed by atoms with Crippen LogP contribution in [0.2, 0.25) is 0 Å². The first-order chi connectivity index (χ1) is 33.3. The fourth-order valence-corrected chi connectivity index (χ4v) is 11.1. The Morgan fingerprint density at radius 2 is 1.74 bits per heavy atom. The lowest BCUT2D eigenvalue weighted by Gasteiger charge is -2.60. The summed E-state index contributed by atoms with van der Waals surface area (Å²) in [5.74, 6) is 0.762. The molecule has 0 spiro atoms. The van der Waals surface area contributed by atoms with Gasteiger partial charge in [0.1, 0.15) is 24.1 Å². The topological polar surface area (TPSA) is 172 Å². The molecule has 4 aromatic rings. The first kappa shape index (κ1) is 48.6. The predicted octanol–water partition coefficient (Wildman–Crippen LogP) is 9.88. The second kappa shape index (κ2) is 23.0. The van der Waals surface area contributed by atoms with Gasteiger partial charge in [-0.3, -0.25) is 14.9 Å². The lowest BCUT2D eigenvalue weighted by molar-refractivity contribution is -0.384. The zero-order valence-electron chi connectivity index (χ0n) is 38.5. The number of non-ortho nitro benzene ring substituents is 1. The van der Waals surface area contributed by atoms with Gasteiger partial charge in [-0.1, -0.05) is 55.3 Å². The lowest BCUT2D eigenvalue weighted by Crippen LogP contribution is -2.70. The highest BCUT2D eigenvalue weighted by atomic mass is 32.2. The molecule has 4 aromatic carbocycles. The molecule has 1 saturated carbocycles. The highest BCUT2D eigenvalue weighted by Gasteiger charge is 2.65. The Balaban J connectivity index is 1.27. The Labute approximate surface area is 402 Å². The summed E-state index contributed by atoms with van der Waals surface area (Å²) in [4.78, 5) is 35.4. The molecule has 6 atom stereocenters. The molecule has 0 bridgehead atoms. The Hall–Kier alpha value is -5.87. The molecule has 2 N–H and O–H groups in total. The van der Waals surface area contributed by atoms with Crippen molar-refractivity contribution in [3.05, 3.63) is 142 Å². The Morgan fingerprint density at radius 3 is 2.49 bits per heavy atom. The van der Waals surface area contributed by atoms with Gasteiger partial charge in [-0.05, 0) is 116 Å². The molecule has 0 saturated heterocycles. The van der Waals surface area contributed by atoms with Crippen LogP contribution in [0.4, 0.5) is 5.69 Å². The van der Waals surface area contributed by atoms with Crippen molar-refractivity contribution in [2.45, 2.75) is 87.5 Å². The van der Waals surface area contributed by atoms with Gasteiger partial charge in [-0.2, -0.15) is 0 Å². The number of thioether (sulfide) groups is 1. The van der Waals surface area contributed by atoms with Crippen LogP contribution in [0, 0.1) is 27.9 Å². The normalized spacial score (nSPS) is 22.6. The van der Waals surface area contributed by atoms with Gasteiger partial charge in [0.05, 0.1) is 29.8 Å². The van der Waals surface area contributed by atoms with Crippen LogP contribution in [0.15, 0.2) is 125 Å². The molecule has 14 nitrogen and oxygen atoms in total. The first-order valence-electron chi connectivity index (χ1n) is 23.7. The third-order valence-corrected chi connectivity index (χ3v) is 14.3. The van der Waals surface area contributed by atoms with Crippen LogP contribution in [0.25, 0.3) is 0 Å². The molecule has 8 rings (SSSR count). The van der Waals surface area contributed by atoms with E-state index in [2.05, 4.69) is 30.9 Å². The van der Waals surface area contributed by atoms with Crippen molar-refractivity contribution >= 4 is 29.1 Å². The summed E-state index contributed by atoms with van der Waals surface area (Å²) in [6.45, 7) is 7.32. The maximum absolute atomic E-state index is 15.2. The second-order valence-corrected chi connectivity index (χ2v) is 18.7. The summed E-state index contributed by atoms with van der Waals surface area (Å²) in [7, 11) is 0. The molecule has 4 aliphatic rings. The average Bonchev–Trinajstić information content (AvgIpc) is 3.84. The molecule has 6 unspecified atom stereocenters. The smallest absolute Gasteiger partial charge is 0.269 e. The molecule has 2 aliphatic heterocycles. The number of hydrogen-bond acceptors (Lipinski definition) is 13. The molecule has 1 amide bonds. The highest BCUT2D eigenvalue weighted by molar-refractivity contribution is 7.99. The number of amides is 1. The van der Waals surface area contributed by atoms with Crippen LogP contribution in [-0.2, 0) is 16.2 Å². The maximum Gasteiger partial charge on any atom is 0.269 e. The van der Waals surface area contributed by atoms with Crippen molar-refractivity contribution in [3.8, 4) is 23.0 Å². The largest absolute Gasteiger partial charge is 0.493 e. The number of aliphatic hydroxyl groups is 2. The number of carbonyl (C=O) groups is 1. The first-order valence-corrected chi connectivity index (χ1v) is 24.7. The van der Waals surface area contributed by atoms with E-state index in [1.165, 1.54) is 17.0 Å². The SMILES string of the molecule is C=CCOC12Oc3ccc(OCCSc4ccccc4)cc3C3C(CCCCO)C(CCCCO)C=C(C(=NOCc4ccc([N+](=O)[O-])cc4)CC1N(CCC)C(=O)c1ccc4c(c1)OCO4)C32. The van der Waals surface area contributed by atoms with E-state index in [1.54, 1.807) is 48.2 Å². The molecule has 2 aliphatic carbocycles. The molecule has 360 valence electrons. The van der Waals surface area contributed by atoms with Crippen LogP contribution in [0.5, 0.6) is 23.0 Å². The van der Waals surface area contributed by atoms with Crippen LogP contribution >= 0.6 is 11.8 Å². The minimum Gasteiger partial charge on any atom is -0.493 e. The summed E-state index contributed by atoms with van der Waals surface area (Å²) in [5, 5.41) is 36.4. The molecule has 0 radical (unpaired) electrons. The van der Waals surface area contributed by atoms with Crippen LogP contribution in [-0.4, -0.2) is 89.0 Å². The quantitative estimate of drug-likeness (QED) is 0.0224. The van der Waals surface area contributed by atoms with Crippen molar-refractivity contribution in [1.29, 1.82) is 0 Å². The Kier molecular flexibility index (Phi) is 16.4. The third kappa shape index (κ3) is 10.7. The van der Waals surface area contributed by atoms with Gasteiger partial charge in [0.2, 0.25) is 12.6 Å². The van der Waals surface area contributed by atoms with Crippen LogP contribution in [0.1, 0.15) is 85.7 Å². The van der Waals surface area contributed by atoms with Gasteiger partial charge in [0.15, 0.2) is 11.5 Å². The zero-order chi connectivity index (χ0) is 47.5. The second-order valence-electron chi connectivity index (χ2n) is 17.5. The number of benzene rings is 4. The van der Waals surface area contributed by atoms with E-state index < -0.39 is 22.7 Å². The van der Waals surface area contributed by atoms with E-state index in [0.29, 0.717) is 72.3 Å². The van der Waals surface area contributed by atoms with Crippen molar-refractivity contribution < 1.29 is 48.5 Å². The van der Waals surface area contributed by atoms with Gasteiger partial charge < -0.3 is 43.6 Å². The van der Waals surface area contributed by atoms with Gasteiger partial charge in [-0.15, -0.1) is 18.3 Å². The predicted molar refractivity (Wildman–Crippen MR) is 259 cm³/mol. The summed E-state index contributed by atoms with van der Waals surface area (Å²) >= 11 is 1.73. The minimum absolute atomic E-state index is 0.0226.